The molecule has 3 aromatic carbocycles. The van der Waals surface area contributed by atoms with Crippen LogP contribution in [0.3, 0.4) is 0 Å². The Morgan fingerprint density at radius 1 is 0.926 bits per heavy atom. The lowest BCUT2D eigenvalue weighted by Crippen LogP contribution is -3.11. The normalized spacial score (nSPS) is 21.2. The largest absolute Gasteiger partial charge is 0.497 e. The fraction of sp³-hybridized carbons (Fsp3) is 0.250. The first-order chi connectivity index (χ1) is 13.3. The number of para-hydroxylation sites is 1. The number of anilines is 1. The number of nitrogens with zero attached hydrogens (tertiary/aromatic N) is 1. The molecule has 0 radical (unpaired) electrons. The predicted molar refractivity (Wildman–Crippen MR) is 109 cm³/mol. The third-order valence-electron chi connectivity index (χ3n) is 6.24. The molecule has 5 rings (SSSR count). The van der Waals surface area contributed by atoms with Crippen LogP contribution >= 0.6 is 0 Å². The molecule has 3 aromatic rings. The molecule has 1 fully saturated rings. The molecule has 0 aliphatic carbocycles. The van der Waals surface area contributed by atoms with Crippen molar-refractivity contribution in [3.63, 3.8) is 0 Å². The van der Waals surface area contributed by atoms with Crippen molar-refractivity contribution in [2.75, 3.05) is 25.1 Å². The summed E-state index contributed by atoms with van der Waals surface area (Å²) >= 11 is 0. The van der Waals surface area contributed by atoms with E-state index in [2.05, 4.69) is 84.6 Å². The number of hydrogen-bond acceptors (Lipinski definition) is 2. The third kappa shape index (κ3) is 2.54. The van der Waals surface area contributed by atoms with Gasteiger partial charge in [-0.15, -0.1) is 0 Å². The molecule has 27 heavy (non-hydrogen) atoms. The zero-order valence-corrected chi connectivity index (χ0v) is 15.9. The van der Waals surface area contributed by atoms with E-state index in [1.165, 1.54) is 27.9 Å². The first-order valence-electron chi connectivity index (χ1n) is 9.72. The van der Waals surface area contributed by atoms with Gasteiger partial charge in [0.2, 0.25) is 0 Å². The molecule has 2 aliphatic heterocycles. The van der Waals surface area contributed by atoms with E-state index in [9.17, 15) is 0 Å². The van der Waals surface area contributed by atoms with E-state index in [0.717, 1.165) is 18.8 Å². The summed E-state index contributed by atoms with van der Waals surface area (Å²) < 4.78 is 5.33. The second-order valence-electron chi connectivity index (χ2n) is 7.52. The smallest absolute Gasteiger partial charge is 0.191 e. The van der Waals surface area contributed by atoms with Crippen LogP contribution in [0.4, 0.5) is 5.69 Å². The molecule has 0 bridgehead atoms. The van der Waals surface area contributed by atoms with Crippen molar-refractivity contribution < 1.29 is 9.64 Å². The minimum absolute atomic E-state index is 0.369. The Bertz CT molecular complexity index is 966. The monoisotopic (exact) mass is 357 g/mol. The summed E-state index contributed by atoms with van der Waals surface area (Å²) in [5.41, 5.74) is 6.93. The van der Waals surface area contributed by atoms with E-state index in [4.69, 9.17) is 4.74 Å². The van der Waals surface area contributed by atoms with Gasteiger partial charge in [-0.1, -0.05) is 42.5 Å². The van der Waals surface area contributed by atoms with Gasteiger partial charge in [0.1, 0.15) is 11.8 Å². The highest BCUT2D eigenvalue weighted by Crippen LogP contribution is 2.43. The van der Waals surface area contributed by atoms with Gasteiger partial charge in [-0.3, -0.25) is 0 Å². The molecule has 0 aromatic heterocycles. The van der Waals surface area contributed by atoms with E-state index in [1.807, 2.05) is 0 Å². The summed E-state index contributed by atoms with van der Waals surface area (Å²) in [4.78, 5) is 4.22. The van der Waals surface area contributed by atoms with Crippen LogP contribution in [0.25, 0.3) is 11.1 Å². The number of fused-ring (bicyclic) bond motifs is 6. The van der Waals surface area contributed by atoms with Gasteiger partial charge in [0.05, 0.1) is 20.2 Å². The fourth-order valence-electron chi connectivity index (χ4n) is 4.84. The minimum atomic E-state index is 0.369. The van der Waals surface area contributed by atoms with Crippen LogP contribution < -0.4 is 14.5 Å². The van der Waals surface area contributed by atoms with Crippen molar-refractivity contribution in [1.29, 1.82) is 0 Å². The minimum Gasteiger partial charge on any atom is -0.497 e. The molecule has 1 saturated heterocycles. The van der Waals surface area contributed by atoms with Crippen molar-refractivity contribution in [2.24, 2.45) is 0 Å². The van der Waals surface area contributed by atoms with E-state index in [0.29, 0.717) is 12.2 Å². The fourth-order valence-corrected chi connectivity index (χ4v) is 4.84. The Balaban J connectivity index is 1.56. The highest BCUT2D eigenvalue weighted by molar-refractivity contribution is 5.84. The van der Waals surface area contributed by atoms with Gasteiger partial charge in [0.15, 0.2) is 6.17 Å². The quantitative estimate of drug-likeness (QED) is 0.767. The zero-order valence-electron chi connectivity index (χ0n) is 15.9. The molecule has 136 valence electrons. The number of rotatable bonds is 3. The maximum Gasteiger partial charge on any atom is 0.191 e. The third-order valence-corrected chi connectivity index (χ3v) is 6.24. The molecule has 0 spiro atoms. The Labute approximate surface area is 160 Å². The van der Waals surface area contributed by atoms with Crippen molar-refractivity contribution in [2.45, 2.75) is 19.1 Å². The summed E-state index contributed by atoms with van der Waals surface area (Å²) in [5.74, 6) is 0.918. The first kappa shape index (κ1) is 16.4. The van der Waals surface area contributed by atoms with Crippen molar-refractivity contribution in [1.82, 2.24) is 0 Å². The Kier molecular flexibility index (Phi) is 3.91. The molecule has 0 saturated carbocycles. The topological polar surface area (TPSA) is 16.9 Å². The molecule has 2 unspecified atom stereocenters. The van der Waals surface area contributed by atoms with Crippen LogP contribution in [0, 0.1) is 0 Å². The lowest BCUT2D eigenvalue weighted by atomic mass is 9.91. The molecule has 2 aliphatic rings. The molecular formula is C24H25N2O+. The first-order valence-corrected chi connectivity index (χ1v) is 9.72. The summed E-state index contributed by atoms with van der Waals surface area (Å²) in [6, 6.07) is 26.8. The Morgan fingerprint density at radius 2 is 1.63 bits per heavy atom. The SMILES string of the molecule is COc1ccc([C@@H](C)[NH+]2CCN3c4ccccc4-c4ccccc4C32)cc1. The average molecular weight is 357 g/mol. The molecule has 3 heteroatoms. The molecule has 3 nitrogen and oxygen atoms in total. The zero-order chi connectivity index (χ0) is 18.4. The van der Waals surface area contributed by atoms with Crippen molar-refractivity contribution >= 4 is 5.69 Å². The van der Waals surface area contributed by atoms with Gasteiger partial charge in [-0.05, 0) is 42.8 Å². The number of benzene rings is 3. The van der Waals surface area contributed by atoms with Crippen LogP contribution in [0.15, 0.2) is 72.8 Å². The van der Waals surface area contributed by atoms with Crippen LogP contribution in [0.1, 0.15) is 30.3 Å². The van der Waals surface area contributed by atoms with Crippen LogP contribution in [0.5, 0.6) is 5.75 Å². The van der Waals surface area contributed by atoms with Gasteiger partial charge in [0, 0.05) is 22.4 Å². The number of nitrogens with one attached hydrogen (secondary N) is 1. The van der Waals surface area contributed by atoms with Crippen LogP contribution in [-0.4, -0.2) is 20.2 Å². The van der Waals surface area contributed by atoms with Gasteiger partial charge in [-0.25, -0.2) is 0 Å². The molecule has 0 amide bonds. The molecule has 2 heterocycles. The van der Waals surface area contributed by atoms with Crippen LogP contribution in [-0.2, 0) is 0 Å². The van der Waals surface area contributed by atoms with Gasteiger partial charge in [-0.2, -0.15) is 0 Å². The van der Waals surface area contributed by atoms with Gasteiger partial charge in [0.25, 0.3) is 0 Å². The van der Waals surface area contributed by atoms with Gasteiger partial charge >= 0.3 is 0 Å². The Hall–Kier alpha value is -2.78. The molecule has 3 atom stereocenters. The summed E-state index contributed by atoms with van der Waals surface area (Å²) in [7, 11) is 1.72. The average Bonchev–Trinajstić information content (AvgIpc) is 3.19. The van der Waals surface area contributed by atoms with Crippen molar-refractivity contribution in [3.05, 3.63) is 83.9 Å². The predicted octanol–water partition coefficient (Wildman–Crippen LogP) is 3.84. The summed E-state index contributed by atoms with van der Waals surface area (Å²) in [6.45, 7) is 4.58. The van der Waals surface area contributed by atoms with E-state index in [1.54, 1.807) is 12.0 Å². The van der Waals surface area contributed by atoms with E-state index < -0.39 is 0 Å². The maximum absolute atomic E-state index is 5.33. The number of hydrogen-bond donors (Lipinski definition) is 1. The second-order valence-corrected chi connectivity index (χ2v) is 7.52. The maximum atomic E-state index is 5.33. The summed E-state index contributed by atoms with van der Waals surface area (Å²) in [5, 5.41) is 0. The van der Waals surface area contributed by atoms with Crippen molar-refractivity contribution in [3.8, 4) is 16.9 Å². The highest BCUT2D eigenvalue weighted by atomic mass is 16.5. The van der Waals surface area contributed by atoms with Crippen LogP contribution in [0.2, 0.25) is 0 Å². The lowest BCUT2D eigenvalue weighted by Gasteiger charge is -2.37. The highest BCUT2D eigenvalue weighted by Gasteiger charge is 2.44. The van der Waals surface area contributed by atoms with E-state index in [-0.39, 0.29) is 0 Å². The Morgan fingerprint density at radius 3 is 2.41 bits per heavy atom. The number of quaternary nitrogens is 1. The summed E-state index contributed by atoms with van der Waals surface area (Å²) in [6.07, 6.45) is 0.369. The molecule has 1 N–H and O–H groups in total. The standard InChI is InChI=1S/C24H24N2O/c1-17(18-11-13-19(27-2)14-12-18)25-15-16-26-23-10-6-5-8-21(23)20-7-3-4-9-22(20)24(25)26/h3-14,17,24H,15-16H2,1-2H3/p+1/t17-,24?/m1/s1. The number of ether oxygens (including phenoxy) is 1. The second kappa shape index (κ2) is 6.43. The van der Waals surface area contributed by atoms with Gasteiger partial charge < -0.3 is 14.5 Å². The van der Waals surface area contributed by atoms with E-state index >= 15 is 0 Å². The number of methoxy groups -OCH3 is 1. The lowest BCUT2D eigenvalue weighted by molar-refractivity contribution is -0.946. The molecular weight excluding hydrogens is 332 g/mol.